The number of hydrogen-bond acceptors (Lipinski definition) is 8. The number of para-hydroxylation sites is 1. The first-order chi connectivity index (χ1) is 17.4. The molecule has 0 aliphatic carbocycles. The van der Waals surface area contributed by atoms with Gasteiger partial charge in [0.15, 0.2) is 0 Å². The van der Waals surface area contributed by atoms with Crippen molar-refractivity contribution < 1.29 is 23.5 Å². The van der Waals surface area contributed by atoms with Gasteiger partial charge >= 0.3 is 11.9 Å². The third-order valence-corrected chi connectivity index (χ3v) is 5.91. The monoisotopic (exact) mass is 483 g/mol. The lowest BCUT2D eigenvalue weighted by molar-refractivity contribution is 0.0456. The van der Waals surface area contributed by atoms with Gasteiger partial charge in [0.2, 0.25) is 5.71 Å². The first kappa shape index (κ1) is 23.0. The van der Waals surface area contributed by atoms with E-state index in [1.807, 2.05) is 54.6 Å². The van der Waals surface area contributed by atoms with Gasteiger partial charge in [-0.2, -0.15) is 0 Å². The van der Waals surface area contributed by atoms with Crippen LogP contribution < -0.4 is 5.56 Å². The number of fused-ring (bicyclic) bond motifs is 2. The topological polar surface area (TPSA) is 114 Å². The number of pyridine rings is 1. The molecule has 0 saturated heterocycles. The second-order valence-electron chi connectivity index (χ2n) is 8.13. The molecule has 5 rings (SSSR count). The van der Waals surface area contributed by atoms with E-state index in [9.17, 15) is 14.4 Å². The minimum atomic E-state index is -0.789. The summed E-state index contributed by atoms with van der Waals surface area (Å²) in [4.78, 5) is 47.5. The fraction of sp³-hybridized carbons (Fsp3) is 0.148. The summed E-state index contributed by atoms with van der Waals surface area (Å²) in [6.45, 7) is 1.22. The number of nitrogens with zero attached hydrogens (tertiary/aromatic N) is 3. The molecule has 9 heteroatoms. The van der Waals surface area contributed by atoms with Crippen LogP contribution in [-0.4, -0.2) is 33.6 Å². The van der Waals surface area contributed by atoms with Crippen molar-refractivity contribution in [1.82, 2.24) is 14.5 Å². The van der Waals surface area contributed by atoms with E-state index in [0.717, 1.165) is 10.9 Å². The summed E-state index contributed by atoms with van der Waals surface area (Å²) < 4.78 is 17.4. The molecule has 0 saturated carbocycles. The van der Waals surface area contributed by atoms with Crippen molar-refractivity contribution in [1.29, 1.82) is 0 Å². The number of benzene rings is 2. The summed E-state index contributed by atoms with van der Waals surface area (Å²) in [6, 6.07) is 16.8. The Hall–Kier alpha value is -4.79. The van der Waals surface area contributed by atoms with Crippen LogP contribution in [0.2, 0.25) is 0 Å². The summed E-state index contributed by atoms with van der Waals surface area (Å²) in [5, 5.41) is 0.789. The number of carbonyl (C=O) groups excluding carboxylic acids is 2. The first-order valence-corrected chi connectivity index (χ1v) is 11.1. The van der Waals surface area contributed by atoms with Crippen LogP contribution in [0.15, 0.2) is 70.1 Å². The molecule has 3 aromatic heterocycles. The number of rotatable bonds is 5. The predicted molar refractivity (Wildman–Crippen MR) is 132 cm³/mol. The van der Waals surface area contributed by atoms with Gasteiger partial charge in [0.1, 0.15) is 29.6 Å². The molecule has 0 aliphatic rings. The number of furan rings is 1. The van der Waals surface area contributed by atoms with Crippen LogP contribution in [0.25, 0.3) is 33.1 Å². The Morgan fingerprint density at radius 3 is 2.47 bits per heavy atom. The Labute approximate surface area is 204 Å². The maximum atomic E-state index is 13.1. The Kier molecular flexibility index (Phi) is 5.81. The van der Waals surface area contributed by atoms with Gasteiger partial charge in [-0.15, -0.1) is 0 Å². The standard InChI is InChI=1S/C27H21N3O6/c1-15-20(23-24(36-15)28-14-30(2)25(23)31)27(33)35-13-19-22(26(32)34-3)21(16-9-5-4-6-10-16)17-11-7-8-12-18(17)29-19/h4-12,14H,13H2,1-3H3. The second-order valence-corrected chi connectivity index (χ2v) is 8.13. The van der Waals surface area contributed by atoms with Gasteiger partial charge < -0.3 is 18.5 Å². The van der Waals surface area contributed by atoms with Crippen molar-refractivity contribution in [2.45, 2.75) is 13.5 Å². The SMILES string of the molecule is COC(=O)c1c(COC(=O)c2c(C)oc3ncn(C)c(=O)c23)nc2ccccc2c1-c1ccccc1. The average molecular weight is 483 g/mol. The van der Waals surface area contributed by atoms with E-state index in [-0.39, 0.29) is 40.3 Å². The smallest absolute Gasteiger partial charge is 0.343 e. The Morgan fingerprint density at radius 2 is 1.72 bits per heavy atom. The fourth-order valence-electron chi connectivity index (χ4n) is 4.23. The number of methoxy groups -OCH3 is 1. The van der Waals surface area contributed by atoms with Gasteiger partial charge in [0, 0.05) is 18.0 Å². The maximum Gasteiger partial charge on any atom is 0.343 e. The molecule has 3 heterocycles. The van der Waals surface area contributed by atoms with E-state index in [2.05, 4.69) is 9.97 Å². The van der Waals surface area contributed by atoms with Crippen LogP contribution in [-0.2, 0) is 23.1 Å². The minimum Gasteiger partial charge on any atom is -0.465 e. The molecule has 5 aromatic rings. The van der Waals surface area contributed by atoms with Gasteiger partial charge in [-0.25, -0.2) is 19.6 Å². The van der Waals surface area contributed by atoms with Crippen LogP contribution in [0.3, 0.4) is 0 Å². The van der Waals surface area contributed by atoms with Crippen molar-refractivity contribution in [3.63, 3.8) is 0 Å². The summed E-state index contributed by atoms with van der Waals surface area (Å²) >= 11 is 0. The highest BCUT2D eigenvalue weighted by Crippen LogP contribution is 2.34. The molecular formula is C27H21N3O6. The highest BCUT2D eigenvalue weighted by atomic mass is 16.5. The molecule has 36 heavy (non-hydrogen) atoms. The lowest BCUT2D eigenvalue weighted by Gasteiger charge is -2.16. The Bertz CT molecular complexity index is 1700. The van der Waals surface area contributed by atoms with Crippen molar-refractivity contribution in [3.8, 4) is 11.1 Å². The zero-order valence-corrected chi connectivity index (χ0v) is 19.8. The van der Waals surface area contributed by atoms with Crippen molar-refractivity contribution in [2.24, 2.45) is 7.05 Å². The lowest BCUT2D eigenvalue weighted by atomic mass is 9.94. The predicted octanol–water partition coefficient (Wildman–Crippen LogP) is 4.19. The normalized spacial score (nSPS) is 11.1. The number of aromatic nitrogens is 3. The molecule has 0 amide bonds. The van der Waals surface area contributed by atoms with E-state index >= 15 is 0 Å². The zero-order chi connectivity index (χ0) is 25.4. The number of hydrogen-bond donors (Lipinski definition) is 0. The van der Waals surface area contributed by atoms with Crippen LogP contribution in [0.5, 0.6) is 0 Å². The summed E-state index contributed by atoms with van der Waals surface area (Å²) in [5.74, 6) is -1.19. The van der Waals surface area contributed by atoms with Crippen LogP contribution in [0, 0.1) is 6.92 Å². The molecule has 2 aromatic carbocycles. The Balaban J connectivity index is 1.63. The lowest BCUT2D eigenvalue weighted by Crippen LogP contribution is -2.19. The molecule has 0 atom stereocenters. The minimum absolute atomic E-state index is 0.0117. The molecular weight excluding hydrogens is 462 g/mol. The van der Waals surface area contributed by atoms with E-state index in [4.69, 9.17) is 13.9 Å². The van der Waals surface area contributed by atoms with Crippen molar-refractivity contribution in [3.05, 3.63) is 93.9 Å². The van der Waals surface area contributed by atoms with Crippen LogP contribution in [0.1, 0.15) is 32.2 Å². The van der Waals surface area contributed by atoms with Gasteiger partial charge in [0.25, 0.3) is 5.56 Å². The largest absolute Gasteiger partial charge is 0.465 e. The second kappa shape index (κ2) is 9.10. The average Bonchev–Trinajstić information content (AvgIpc) is 3.25. The molecule has 0 bridgehead atoms. The van der Waals surface area contributed by atoms with Gasteiger partial charge in [-0.3, -0.25) is 4.79 Å². The summed E-state index contributed by atoms with van der Waals surface area (Å²) in [7, 11) is 2.81. The van der Waals surface area contributed by atoms with Crippen LogP contribution >= 0.6 is 0 Å². The quantitative estimate of drug-likeness (QED) is 0.342. The highest BCUT2D eigenvalue weighted by molar-refractivity contribution is 6.08. The highest BCUT2D eigenvalue weighted by Gasteiger charge is 2.27. The molecule has 0 unspecified atom stereocenters. The molecule has 0 N–H and O–H groups in total. The maximum absolute atomic E-state index is 13.1. The third-order valence-electron chi connectivity index (χ3n) is 5.91. The van der Waals surface area contributed by atoms with Crippen LogP contribution in [0.4, 0.5) is 0 Å². The van der Waals surface area contributed by atoms with E-state index in [0.29, 0.717) is 11.1 Å². The first-order valence-electron chi connectivity index (χ1n) is 11.1. The third kappa shape index (κ3) is 3.80. The molecule has 0 fully saturated rings. The number of aryl methyl sites for hydroxylation is 2. The number of ether oxygens (including phenoxy) is 2. The number of carbonyl (C=O) groups is 2. The van der Waals surface area contributed by atoms with Crippen molar-refractivity contribution >= 4 is 33.9 Å². The molecule has 180 valence electrons. The molecule has 9 nitrogen and oxygen atoms in total. The van der Waals surface area contributed by atoms with Gasteiger partial charge in [-0.05, 0) is 18.6 Å². The van der Waals surface area contributed by atoms with Gasteiger partial charge in [0.05, 0.1) is 23.9 Å². The molecule has 0 spiro atoms. The fourth-order valence-corrected chi connectivity index (χ4v) is 4.23. The molecule has 0 radical (unpaired) electrons. The van der Waals surface area contributed by atoms with E-state index in [1.54, 1.807) is 6.92 Å². The molecule has 0 aliphatic heterocycles. The summed E-state index contributed by atoms with van der Waals surface area (Å²) in [5.41, 5.74) is 2.06. The Morgan fingerprint density at radius 1 is 1.00 bits per heavy atom. The van der Waals surface area contributed by atoms with E-state index in [1.165, 1.54) is 25.1 Å². The van der Waals surface area contributed by atoms with Gasteiger partial charge in [-0.1, -0.05) is 48.5 Å². The summed E-state index contributed by atoms with van der Waals surface area (Å²) in [6.07, 6.45) is 1.31. The number of esters is 2. The zero-order valence-electron chi connectivity index (χ0n) is 19.8. The van der Waals surface area contributed by atoms with E-state index < -0.39 is 17.5 Å². The van der Waals surface area contributed by atoms with Crippen molar-refractivity contribution in [2.75, 3.05) is 7.11 Å².